The van der Waals surface area contributed by atoms with Crippen LogP contribution in [0.15, 0.2) is 216 Å². The van der Waals surface area contributed by atoms with E-state index >= 15 is 0 Å². The second-order valence-electron chi connectivity index (χ2n) is 21.6. The van der Waals surface area contributed by atoms with Crippen LogP contribution in [0.5, 0.6) is 11.5 Å². The number of ether oxygens (including phenoxy) is 1. The van der Waals surface area contributed by atoms with Gasteiger partial charge in [0.15, 0.2) is 8.68 Å². The minimum Gasteiger partial charge on any atom is -0.508 e. The summed E-state index contributed by atoms with van der Waals surface area (Å²) >= 11 is 5.19. The number of esters is 1. The highest BCUT2D eigenvalue weighted by Crippen LogP contribution is 2.29. The molecule has 1 aromatic heterocycles. The predicted molar refractivity (Wildman–Crippen MR) is 392 cm³/mol. The second-order valence-corrected chi connectivity index (χ2v) is 25.6. The Morgan fingerprint density at radius 1 is 0.429 bits per heavy atom. The number of carboxylic acid groups (broad SMARTS) is 2. The van der Waals surface area contributed by atoms with Gasteiger partial charge >= 0.3 is 17.9 Å². The van der Waals surface area contributed by atoms with Crippen molar-refractivity contribution in [2.45, 2.75) is 180 Å². The number of nitrogens with zero attached hydrogens (tertiary/aromatic N) is 2. The molecule has 91 heavy (non-hydrogen) atoms. The molecule has 7 aromatic carbocycles. The summed E-state index contributed by atoms with van der Waals surface area (Å²) in [6.07, 6.45) is 9.84. The van der Waals surface area contributed by atoms with Gasteiger partial charge in [0.2, 0.25) is 0 Å². The Morgan fingerprint density at radius 2 is 0.703 bits per heavy atom. The Morgan fingerprint density at radius 3 is 0.956 bits per heavy atom. The Labute approximate surface area is 560 Å². The van der Waals surface area contributed by atoms with Crippen molar-refractivity contribution in [3.05, 3.63) is 257 Å². The van der Waals surface area contributed by atoms with E-state index in [1.807, 2.05) is 97.1 Å². The summed E-state index contributed by atoms with van der Waals surface area (Å²) in [6, 6.07) is 60.5. The summed E-state index contributed by atoms with van der Waals surface area (Å²) < 4.78 is 7.15. The number of aromatic nitrogens is 2. The molecule has 0 amide bonds. The zero-order valence-electron chi connectivity index (χ0n) is 56.7. The molecule has 3 N–H and O–H groups in total. The Balaban J connectivity index is 0.000000523. The fourth-order valence-corrected chi connectivity index (χ4v) is 10.7. The van der Waals surface area contributed by atoms with Crippen LogP contribution in [0, 0.1) is 0 Å². The molecule has 0 aliphatic rings. The molecule has 0 fully saturated rings. The van der Waals surface area contributed by atoms with Gasteiger partial charge in [0.05, 0.1) is 11.1 Å². The van der Waals surface area contributed by atoms with Crippen LogP contribution < -0.4 is 4.74 Å². The molecule has 8 rings (SSSR count). The number of phenolic OH excluding ortho intramolecular Hbond substituents is 1. The van der Waals surface area contributed by atoms with E-state index in [2.05, 4.69) is 181 Å². The standard InChI is InChI=1S/C13H16O2.2C11H14O2.C10H14O.2C10H14.C8H8.C6H10N2S3/c1-4-10(3)11-6-8-12(9-7-11)15-13(14)5-2;2*1-3-8(2)9-4-6-10(7-5-9)11(12)13;1-3-8(2)9-4-6-10(11)7-5-9;2*1-3-9(2)10-7-5-4-6-8-10;1-2-8-6-4-3-5-7-8;1-3-9-5-7-8-6(11-5)10-4-2/h5-10H,2,4H2,1,3H3;2*4-8H,3H2,1-2H3,(H,12,13);4-8,11H,3H2,1-2H3;2*4-9H,3H2,1-2H3;2-7H,1H2;3-4H2,1-2H3. The molecule has 0 radical (unpaired) electrons. The second kappa shape index (κ2) is 49.2. The lowest BCUT2D eigenvalue weighted by Gasteiger charge is -2.09. The minimum absolute atomic E-state index is 0.344. The van der Waals surface area contributed by atoms with E-state index in [1.165, 1.54) is 51.8 Å². The molecule has 0 aliphatic heterocycles. The van der Waals surface area contributed by atoms with E-state index in [1.54, 1.807) is 71.3 Å². The smallest absolute Gasteiger partial charge is 0.335 e. The fraction of sp³-hybridized carbons (Fsp3) is 0.354. The maximum Gasteiger partial charge on any atom is 0.335 e. The zero-order chi connectivity index (χ0) is 67.9. The number of aromatic carboxylic acids is 2. The number of carbonyl (C=O) groups excluding carboxylic acids is 1. The average molecular weight is 1290 g/mol. The summed E-state index contributed by atoms with van der Waals surface area (Å²) in [5.41, 5.74) is 9.74. The van der Waals surface area contributed by atoms with Gasteiger partial charge in [-0.05, 0) is 173 Å². The first-order chi connectivity index (χ1) is 43.7. The molecular weight excluding hydrogens is 1190 g/mol. The van der Waals surface area contributed by atoms with E-state index in [0.29, 0.717) is 58.1 Å². The van der Waals surface area contributed by atoms with Crippen molar-refractivity contribution in [3.8, 4) is 11.5 Å². The van der Waals surface area contributed by atoms with Gasteiger partial charge < -0.3 is 20.1 Å². The lowest BCUT2D eigenvalue weighted by atomic mass is 9.98. The Kier molecular flexibility index (Phi) is 44.1. The van der Waals surface area contributed by atoms with Crippen molar-refractivity contribution in [3.63, 3.8) is 0 Å². The van der Waals surface area contributed by atoms with Crippen LogP contribution in [0.25, 0.3) is 6.08 Å². The summed E-state index contributed by atoms with van der Waals surface area (Å²) in [4.78, 5) is 32.0. The number of carboxylic acids is 2. The van der Waals surface area contributed by atoms with Crippen LogP contribution in [-0.4, -0.2) is 54.9 Å². The minimum atomic E-state index is -0.865. The van der Waals surface area contributed by atoms with Crippen LogP contribution in [-0.2, 0) is 4.79 Å². The Hall–Kier alpha value is -7.51. The maximum atomic E-state index is 10.9. The quantitative estimate of drug-likeness (QED) is 0.0273. The monoisotopic (exact) mass is 1290 g/mol. The van der Waals surface area contributed by atoms with E-state index in [9.17, 15) is 14.4 Å². The Bertz CT molecular complexity index is 3030. The van der Waals surface area contributed by atoms with Crippen molar-refractivity contribution in [2.24, 2.45) is 0 Å². The molecule has 1 heterocycles. The lowest BCUT2D eigenvalue weighted by molar-refractivity contribution is -0.128. The van der Waals surface area contributed by atoms with Crippen molar-refractivity contribution < 1.29 is 34.4 Å². The van der Waals surface area contributed by atoms with Gasteiger partial charge in [-0.2, -0.15) is 0 Å². The first-order valence-electron chi connectivity index (χ1n) is 31.9. The number of thioether (sulfide) groups is 2. The third-order valence-electron chi connectivity index (χ3n) is 15.1. The highest BCUT2D eigenvalue weighted by Gasteiger charge is 2.09. The van der Waals surface area contributed by atoms with Crippen molar-refractivity contribution >= 4 is 58.8 Å². The van der Waals surface area contributed by atoms with Gasteiger partial charge in [-0.15, -0.1) is 10.2 Å². The molecule has 0 saturated carbocycles. The van der Waals surface area contributed by atoms with Gasteiger partial charge in [0.25, 0.3) is 0 Å². The normalized spacial score (nSPS) is 11.9. The number of hydrogen-bond donors (Lipinski definition) is 3. The number of hydrogen-bond acceptors (Lipinski definition) is 10. The third kappa shape index (κ3) is 35.0. The summed E-state index contributed by atoms with van der Waals surface area (Å²) in [5.74, 6) is 4.45. The first kappa shape index (κ1) is 81.5. The van der Waals surface area contributed by atoms with Crippen LogP contribution in [0.3, 0.4) is 0 Å². The molecule has 0 saturated heterocycles. The summed E-state index contributed by atoms with van der Waals surface area (Å²) in [5, 5.41) is 34.4. The van der Waals surface area contributed by atoms with Gasteiger partial charge in [-0.1, -0.05) is 291 Å². The van der Waals surface area contributed by atoms with Crippen LogP contribution >= 0.6 is 34.9 Å². The van der Waals surface area contributed by atoms with Crippen LogP contribution in [0.4, 0.5) is 0 Å². The molecular formula is C79H104N2O7S3. The van der Waals surface area contributed by atoms with E-state index < -0.39 is 17.9 Å². The van der Waals surface area contributed by atoms with Crippen molar-refractivity contribution in [2.75, 3.05) is 11.5 Å². The molecule has 0 bridgehead atoms. The maximum absolute atomic E-state index is 10.9. The fourth-order valence-electron chi connectivity index (χ4n) is 7.86. The van der Waals surface area contributed by atoms with E-state index in [-0.39, 0.29) is 0 Å². The highest BCUT2D eigenvalue weighted by molar-refractivity contribution is 8.03. The number of benzene rings is 7. The predicted octanol–water partition coefficient (Wildman–Crippen LogP) is 23.5. The van der Waals surface area contributed by atoms with Crippen molar-refractivity contribution in [1.82, 2.24) is 10.2 Å². The van der Waals surface area contributed by atoms with Gasteiger partial charge in [-0.3, -0.25) is 0 Å². The van der Waals surface area contributed by atoms with Gasteiger partial charge in [0, 0.05) is 6.08 Å². The van der Waals surface area contributed by atoms with E-state index in [4.69, 9.17) is 20.1 Å². The number of rotatable bonds is 21. The molecule has 6 atom stereocenters. The van der Waals surface area contributed by atoms with E-state index in [0.717, 1.165) is 51.9 Å². The summed E-state index contributed by atoms with van der Waals surface area (Å²) in [7, 11) is 0. The van der Waals surface area contributed by atoms with Crippen LogP contribution in [0.1, 0.15) is 231 Å². The SMILES string of the molecule is C=CC(=O)Oc1ccc(C(C)CC)cc1.C=Cc1ccccc1.CCC(C)c1ccc(C(=O)O)cc1.CCC(C)c1ccc(C(=O)O)cc1.CCC(C)c1ccc(O)cc1.CCC(C)c1ccccc1.CCC(C)c1ccccc1.CCSc1nnc(SCC)s1. The largest absolute Gasteiger partial charge is 0.508 e. The van der Waals surface area contributed by atoms with Gasteiger partial charge in [-0.25, -0.2) is 14.4 Å². The third-order valence-corrected chi connectivity index (χ3v) is 18.1. The zero-order valence-corrected chi connectivity index (χ0v) is 59.1. The molecule has 0 spiro atoms. The number of carbonyl (C=O) groups is 3. The topological polar surface area (TPSA) is 147 Å². The van der Waals surface area contributed by atoms with Gasteiger partial charge in [0.1, 0.15) is 11.5 Å². The molecule has 12 heteroatoms. The number of phenols is 1. The van der Waals surface area contributed by atoms with Crippen molar-refractivity contribution in [1.29, 1.82) is 0 Å². The first-order valence-corrected chi connectivity index (χ1v) is 34.7. The molecule has 8 aromatic rings. The molecule has 0 aliphatic carbocycles. The van der Waals surface area contributed by atoms with Crippen LogP contribution in [0.2, 0.25) is 0 Å². The molecule has 9 nitrogen and oxygen atoms in total. The average Bonchev–Trinajstić information content (AvgIpc) is 4.29. The highest BCUT2D eigenvalue weighted by atomic mass is 32.2. The molecule has 6 unspecified atom stereocenters. The lowest BCUT2D eigenvalue weighted by Crippen LogP contribution is -2.03. The number of aromatic hydroxyl groups is 1. The molecule has 490 valence electrons. The summed E-state index contributed by atoms with van der Waals surface area (Å²) in [6.45, 7) is 37.4.